The van der Waals surface area contributed by atoms with Gasteiger partial charge in [-0.15, -0.1) is 0 Å². The van der Waals surface area contributed by atoms with Crippen LogP contribution in [0.1, 0.15) is 22.3 Å². The fraction of sp³-hybridized carbons (Fsp3) is 0.364. The number of aliphatic imine (C=N–C) groups is 1. The lowest BCUT2D eigenvalue weighted by Crippen LogP contribution is -2.22. The van der Waals surface area contributed by atoms with Crippen LogP contribution in [0.3, 0.4) is 0 Å². The van der Waals surface area contributed by atoms with Crippen molar-refractivity contribution in [2.75, 3.05) is 0 Å². The first-order valence-electron chi connectivity index (χ1n) is 4.60. The van der Waals surface area contributed by atoms with Gasteiger partial charge in [0, 0.05) is 0 Å². The van der Waals surface area contributed by atoms with Crippen LogP contribution in [-0.4, -0.2) is 5.96 Å². The van der Waals surface area contributed by atoms with Crippen molar-refractivity contribution < 1.29 is 0 Å². The van der Waals surface area contributed by atoms with Crippen molar-refractivity contribution in [3.63, 3.8) is 0 Å². The molecule has 0 atom stereocenters. The van der Waals surface area contributed by atoms with Gasteiger partial charge in [-0.2, -0.15) is 0 Å². The Balaban J connectivity index is 3.41. The number of guanidine groups is 1. The zero-order valence-electron chi connectivity index (χ0n) is 9.18. The predicted molar refractivity (Wildman–Crippen MR) is 60.9 cm³/mol. The van der Waals surface area contributed by atoms with E-state index in [9.17, 15) is 0 Å². The summed E-state index contributed by atoms with van der Waals surface area (Å²) in [6.45, 7) is 8.29. The van der Waals surface area contributed by atoms with Crippen LogP contribution in [0.5, 0.6) is 0 Å². The molecular weight excluding hydrogens is 174 g/mol. The van der Waals surface area contributed by atoms with E-state index in [1.807, 2.05) is 13.0 Å². The van der Waals surface area contributed by atoms with E-state index in [0.717, 1.165) is 11.3 Å². The van der Waals surface area contributed by atoms with Gasteiger partial charge in [0.05, 0.1) is 5.69 Å². The topological polar surface area (TPSA) is 64.4 Å². The number of hydrogen-bond acceptors (Lipinski definition) is 1. The molecule has 76 valence electrons. The van der Waals surface area contributed by atoms with Crippen LogP contribution in [0.15, 0.2) is 11.1 Å². The Morgan fingerprint density at radius 2 is 1.57 bits per heavy atom. The summed E-state index contributed by atoms with van der Waals surface area (Å²) in [4.78, 5) is 4.09. The van der Waals surface area contributed by atoms with Crippen LogP contribution in [-0.2, 0) is 0 Å². The normalized spacial score (nSPS) is 10.0. The van der Waals surface area contributed by atoms with Gasteiger partial charge in [0.1, 0.15) is 0 Å². The third-order valence-electron chi connectivity index (χ3n) is 2.70. The van der Waals surface area contributed by atoms with Gasteiger partial charge in [0.2, 0.25) is 0 Å². The highest BCUT2D eigenvalue weighted by Gasteiger charge is 2.06. The van der Waals surface area contributed by atoms with Crippen LogP contribution >= 0.6 is 0 Å². The molecule has 0 spiro atoms. The lowest BCUT2D eigenvalue weighted by atomic mass is 9.98. The summed E-state index contributed by atoms with van der Waals surface area (Å²) >= 11 is 0. The minimum atomic E-state index is 0.107. The maximum absolute atomic E-state index is 5.36. The van der Waals surface area contributed by atoms with Gasteiger partial charge in [0.25, 0.3) is 0 Å². The van der Waals surface area contributed by atoms with Crippen LogP contribution < -0.4 is 11.5 Å². The largest absolute Gasteiger partial charge is 0.370 e. The Labute approximate surface area is 84.8 Å². The summed E-state index contributed by atoms with van der Waals surface area (Å²) in [5, 5.41) is 0. The number of rotatable bonds is 1. The molecule has 0 aliphatic carbocycles. The quantitative estimate of drug-likeness (QED) is 0.525. The fourth-order valence-corrected chi connectivity index (χ4v) is 1.45. The number of hydrogen-bond donors (Lipinski definition) is 2. The molecular formula is C11H17N3. The first-order chi connectivity index (χ1) is 6.43. The van der Waals surface area contributed by atoms with Crippen molar-refractivity contribution in [3.05, 3.63) is 28.3 Å². The van der Waals surface area contributed by atoms with Gasteiger partial charge in [-0.05, 0) is 56.0 Å². The molecule has 0 saturated carbocycles. The van der Waals surface area contributed by atoms with E-state index in [2.05, 4.69) is 25.8 Å². The van der Waals surface area contributed by atoms with Gasteiger partial charge in [-0.3, -0.25) is 0 Å². The second-order valence-corrected chi connectivity index (χ2v) is 3.62. The zero-order chi connectivity index (χ0) is 10.9. The monoisotopic (exact) mass is 191 g/mol. The van der Waals surface area contributed by atoms with E-state index in [0.29, 0.717) is 0 Å². The molecule has 3 heteroatoms. The first kappa shape index (κ1) is 10.6. The Morgan fingerprint density at radius 3 is 2.07 bits per heavy atom. The lowest BCUT2D eigenvalue weighted by molar-refractivity contribution is 1.20. The third-order valence-corrected chi connectivity index (χ3v) is 2.70. The molecule has 0 radical (unpaired) electrons. The Bertz CT molecular complexity index is 388. The van der Waals surface area contributed by atoms with E-state index in [4.69, 9.17) is 11.5 Å². The van der Waals surface area contributed by atoms with Crippen LogP contribution in [0.2, 0.25) is 0 Å². The van der Waals surface area contributed by atoms with E-state index < -0.39 is 0 Å². The van der Waals surface area contributed by atoms with E-state index in [1.165, 1.54) is 16.7 Å². The highest BCUT2D eigenvalue weighted by atomic mass is 15.0. The SMILES string of the molecule is Cc1cc(N=C(N)N)c(C)c(C)c1C. The van der Waals surface area contributed by atoms with E-state index in [-0.39, 0.29) is 5.96 Å². The average molecular weight is 191 g/mol. The molecule has 0 aliphatic heterocycles. The highest BCUT2D eigenvalue weighted by Crippen LogP contribution is 2.26. The van der Waals surface area contributed by atoms with Crippen LogP contribution in [0, 0.1) is 27.7 Å². The smallest absolute Gasteiger partial charge is 0.191 e. The lowest BCUT2D eigenvalue weighted by Gasteiger charge is -2.11. The Hall–Kier alpha value is -1.51. The second-order valence-electron chi connectivity index (χ2n) is 3.62. The molecule has 0 aliphatic rings. The molecule has 0 saturated heterocycles. The van der Waals surface area contributed by atoms with Crippen molar-refractivity contribution in [2.45, 2.75) is 27.7 Å². The van der Waals surface area contributed by atoms with Crippen molar-refractivity contribution in [1.82, 2.24) is 0 Å². The van der Waals surface area contributed by atoms with E-state index in [1.54, 1.807) is 0 Å². The van der Waals surface area contributed by atoms with Gasteiger partial charge in [-0.25, -0.2) is 4.99 Å². The van der Waals surface area contributed by atoms with Crippen LogP contribution in [0.4, 0.5) is 5.69 Å². The number of benzene rings is 1. The standard InChI is InChI=1S/C11H17N3/c1-6-5-10(14-11(12)13)9(4)8(3)7(6)2/h5H,1-4H3,(H4,12,13,14). The summed E-state index contributed by atoms with van der Waals surface area (Å²) in [6, 6.07) is 2.01. The minimum Gasteiger partial charge on any atom is -0.370 e. The maximum Gasteiger partial charge on any atom is 0.191 e. The Morgan fingerprint density at radius 1 is 1.00 bits per heavy atom. The molecule has 1 aromatic rings. The second kappa shape index (κ2) is 3.70. The predicted octanol–water partition coefficient (Wildman–Crippen LogP) is 1.83. The maximum atomic E-state index is 5.36. The number of nitrogens with zero attached hydrogens (tertiary/aromatic N) is 1. The average Bonchev–Trinajstić information content (AvgIpc) is 2.10. The summed E-state index contributed by atoms with van der Waals surface area (Å²) < 4.78 is 0. The number of aryl methyl sites for hydroxylation is 1. The number of nitrogens with two attached hydrogens (primary N) is 2. The molecule has 1 aromatic carbocycles. The van der Waals surface area contributed by atoms with Gasteiger partial charge in [0.15, 0.2) is 5.96 Å². The molecule has 4 N–H and O–H groups in total. The van der Waals surface area contributed by atoms with Crippen LogP contribution in [0.25, 0.3) is 0 Å². The van der Waals surface area contributed by atoms with Crippen molar-refractivity contribution in [3.8, 4) is 0 Å². The van der Waals surface area contributed by atoms with Gasteiger partial charge < -0.3 is 11.5 Å². The van der Waals surface area contributed by atoms with Crippen molar-refractivity contribution in [2.24, 2.45) is 16.5 Å². The summed E-state index contributed by atoms with van der Waals surface area (Å²) in [6.07, 6.45) is 0. The summed E-state index contributed by atoms with van der Waals surface area (Å²) in [5.74, 6) is 0.107. The molecule has 14 heavy (non-hydrogen) atoms. The molecule has 0 bridgehead atoms. The molecule has 0 aromatic heterocycles. The van der Waals surface area contributed by atoms with Gasteiger partial charge >= 0.3 is 0 Å². The molecule has 3 nitrogen and oxygen atoms in total. The summed E-state index contributed by atoms with van der Waals surface area (Å²) in [5.41, 5.74) is 16.5. The molecule has 0 fully saturated rings. The molecule has 0 heterocycles. The first-order valence-corrected chi connectivity index (χ1v) is 4.60. The van der Waals surface area contributed by atoms with Gasteiger partial charge in [-0.1, -0.05) is 0 Å². The summed E-state index contributed by atoms with van der Waals surface area (Å²) in [7, 11) is 0. The molecule has 1 rings (SSSR count). The zero-order valence-corrected chi connectivity index (χ0v) is 9.18. The minimum absolute atomic E-state index is 0.107. The Kier molecular flexibility index (Phi) is 2.79. The third kappa shape index (κ3) is 1.87. The van der Waals surface area contributed by atoms with E-state index >= 15 is 0 Å². The fourth-order valence-electron chi connectivity index (χ4n) is 1.45. The van der Waals surface area contributed by atoms with Crippen molar-refractivity contribution in [1.29, 1.82) is 0 Å². The molecule has 0 unspecified atom stereocenters. The van der Waals surface area contributed by atoms with Crippen molar-refractivity contribution >= 4 is 11.6 Å². The molecule has 0 amide bonds. The highest BCUT2D eigenvalue weighted by molar-refractivity contribution is 5.80.